The van der Waals surface area contributed by atoms with Crippen molar-refractivity contribution < 1.29 is 19.4 Å². The monoisotopic (exact) mass is 497 g/mol. The molecule has 5 rings (SSSR count). The lowest BCUT2D eigenvalue weighted by Crippen LogP contribution is -2.26. The number of carboxylic acids is 1. The molecule has 0 fully saturated rings. The van der Waals surface area contributed by atoms with E-state index < -0.39 is 5.97 Å². The van der Waals surface area contributed by atoms with E-state index in [9.17, 15) is 19.2 Å². The lowest BCUT2D eigenvalue weighted by Gasteiger charge is -2.07. The van der Waals surface area contributed by atoms with Gasteiger partial charge in [0, 0.05) is 17.3 Å². The molecule has 37 heavy (non-hydrogen) atoms. The summed E-state index contributed by atoms with van der Waals surface area (Å²) in [4.78, 5) is 51.2. The molecule has 9 nitrogen and oxygen atoms in total. The Labute approximate surface area is 210 Å². The van der Waals surface area contributed by atoms with Crippen LogP contribution in [0.3, 0.4) is 0 Å². The van der Waals surface area contributed by atoms with Crippen LogP contribution in [0.4, 0.5) is 0 Å². The molecule has 0 atom stereocenters. The Morgan fingerprint density at radius 1 is 0.784 bits per heavy atom. The van der Waals surface area contributed by atoms with Crippen LogP contribution >= 0.6 is 0 Å². The summed E-state index contributed by atoms with van der Waals surface area (Å²) in [7, 11) is 1.59. The second-order valence-electron chi connectivity index (χ2n) is 8.04. The van der Waals surface area contributed by atoms with Gasteiger partial charge in [-0.3, -0.25) is 14.4 Å². The Hall–Kier alpha value is -5.18. The molecule has 186 valence electrons. The molecule has 0 aliphatic rings. The molecule has 2 heterocycles. The molecule has 0 spiro atoms. The van der Waals surface area contributed by atoms with Crippen LogP contribution in [0.15, 0.2) is 94.5 Å². The predicted octanol–water partition coefficient (Wildman–Crippen LogP) is 3.69. The molecule has 0 saturated carbocycles. The zero-order valence-corrected chi connectivity index (χ0v) is 19.8. The third-order valence-electron chi connectivity index (χ3n) is 5.57. The molecule has 5 aromatic rings. The molecule has 0 saturated heterocycles. The average Bonchev–Trinajstić information content (AvgIpc) is 2.92. The molecular weight excluding hydrogens is 474 g/mol. The van der Waals surface area contributed by atoms with Crippen molar-refractivity contribution in [2.24, 2.45) is 0 Å². The number of carbonyl (C=O) groups is 2. The van der Waals surface area contributed by atoms with Crippen molar-refractivity contribution >= 4 is 33.4 Å². The zero-order chi connectivity index (χ0) is 26.4. The molecule has 0 unspecified atom stereocenters. The van der Waals surface area contributed by atoms with Crippen LogP contribution in [0.25, 0.3) is 21.5 Å². The first-order chi connectivity index (χ1) is 17.9. The quantitative estimate of drug-likeness (QED) is 0.292. The molecular formula is C28H23N3O6. The van der Waals surface area contributed by atoms with Gasteiger partial charge in [-0.05, 0) is 52.7 Å². The number of amides is 1. The first-order valence-corrected chi connectivity index (χ1v) is 11.2. The van der Waals surface area contributed by atoms with E-state index in [1.54, 1.807) is 49.6 Å². The highest BCUT2D eigenvalue weighted by atomic mass is 16.5. The summed E-state index contributed by atoms with van der Waals surface area (Å²) in [6.45, 7) is 0.352. The minimum atomic E-state index is -1.13. The van der Waals surface area contributed by atoms with E-state index in [1.807, 2.05) is 36.4 Å². The number of fused-ring (bicyclic) bond motifs is 2. The summed E-state index contributed by atoms with van der Waals surface area (Å²) in [5, 5.41) is 13.9. The van der Waals surface area contributed by atoms with Crippen LogP contribution in [0, 0.1) is 0 Å². The first-order valence-electron chi connectivity index (χ1n) is 11.2. The molecule has 0 radical (unpaired) electrons. The Bertz CT molecular complexity index is 1720. The Balaban J connectivity index is 0.000000195. The van der Waals surface area contributed by atoms with Gasteiger partial charge >= 0.3 is 5.97 Å². The number of hydrogen-bond acceptors (Lipinski definition) is 5. The molecule has 0 bridgehead atoms. The number of carbonyl (C=O) groups excluding carboxylic acids is 1. The van der Waals surface area contributed by atoms with E-state index in [2.05, 4.69) is 15.3 Å². The molecule has 3 aromatic carbocycles. The number of hydrogen-bond donors (Lipinski definition) is 4. The number of ether oxygens (including phenoxy) is 1. The predicted molar refractivity (Wildman–Crippen MR) is 140 cm³/mol. The number of pyridine rings is 2. The van der Waals surface area contributed by atoms with Crippen LogP contribution in [0.1, 0.15) is 26.5 Å². The SMILES string of the molecule is COc1cccc(CNC(=O)c2cc3ccccc3c(=O)[nH]2)c1.O=C(O)c1cc2ccccc2c(=O)[nH]1. The Kier molecular flexibility index (Phi) is 7.44. The van der Waals surface area contributed by atoms with Crippen molar-refractivity contribution in [2.45, 2.75) is 6.54 Å². The lowest BCUT2D eigenvalue weighted by molar-refractivity contribution is 0.0690. The van der Waals surface area contributed by atoms with Crippen molar-refractivity contribution in [3.63, 3.8) is 0 Å². The van der Waals surface area contributed by atoms with Gasteiger partial charge in [0.05, 0.1) is 7.11 Å². The fourth-order valence-electron chi connectivity index (χ4n) is 3.72. The van der Waals surface area contributed by atoms with Crippen molar-refractivity contribution in [3.05, 3.63) is 123 Å². The second-order valence-corrected chi connectivity index (χ2v) is 8.04. The largest absolute Gasteiger partial charge is 0.497 e. The van der Waals surface area contributed by atoms with Gasteiger partial charge in [-0.1, -0.05) is 48.5 Å². The topological polar surface area (TPSA) is 141 Å². The Morgan fingerprint density at radius 2 is 1.35 bits per heavy atom. The maximum Gasteiger partial charge on any atom is 0.352 e. The van der Waals surface area contributed by atoms with Gasteiger partial charge in [-0.15, -0.1) is 0 Å². The van der Waals surface area contributed by atoms with Crippen LogP contribution in [0.2, 0.25) is 0 Å². The number of aromatic nitrogens is 2. The van der Waals surface area contributed by atoms with E-state index in [1.165, 1.54) is 6.07 Å². The number of carboxylic acid groups (broad SMARTS) is 1. The maximum atomic E-state index is 12.3. The fourth-order valence-corrected chi connectivity index (χ4v) is 3.72. The second kappa shape index (κ2) is 11.0. The van der Waals surface area contributed by atoms with E-state index in [0.29, 0.717) is 22.7 Å². The van der Waals surface area contributed by atoms with Gasteiger partial charge in [0.15, 0.2) is 0 Å². The first kappa shape index (κ1) is 24.9. The highest BCUT2D eigenvalue weighted by molar-refractivity contribution is 5.96. The van der Waals surface area contributed by atoms with Crippen LogP contribution in [0.5, 0.6) is 5.75 Å². The number of aromatic amines is 2. The number of H-pyrrole nitrogens is 2. The highest BCUT2D eigenvalue weighted by Crippen LogP contribution is 2.13. The summed E-state index contributed by atoms with van der Waals surface area (Å²) in [5.74, 6) is -0.723. The van der Waals surface area contributed by atoms with E-state index >= 15 is 0 Å². The molecule has 0 aliphatic heterocycles. The number of aromatic carboxylic acids is 1. The number of methoxy groups -OCH3 is 1. The number of benzene rings is 3. The summed E-state index contributed by atoms with van der Waals surface area (Å²) >= 11 is 0. The van der Waals surface area contributed by atoms with Gasteiger partial charge in [0.25, 0.3) is 17.0 Å². The molecule has 2 aromatic heterocycles. The smallest absolute Gasteiger partial charge is 0.352 e. The van der Waals surface area contributed by atoms with E-state index in [4.69, 9.17) is 9.84 Å². The van der Waals surface area contributed by atoms with Gasteiger partial charge in [0.1, 0.15) is 17.1 Å². The van der Waals surface area contributed by atoms with Crippen LogP contribution in [-0.4, -0.2) is 34.1 Å². The normalized spacial score (nSPS) is 10.4. The highest BCUT2D eigenvalue weighted by Gasteiger charge is 2.09. The Morgan fingerprint density at radius 3 is 1.95 bits per heavy atom. The zero-order valence-electron chi connectivity index (χ0n) is 19.8. The molecule has 1 amide bonds. The minimum Gasteiger partial charge on any atom is -0.497 e. The van der Waals surface area contributed by atoms with E-state index in [-0.39, 0.29) is 28.4 Å². The van der Waals surface area contributed by atoms with Crippen LogP contribution < -0.4 is 21.2 Å². The summed E-state index contributed by atoms with van der Waals surface area (Å²) in [6.07, 6.45) is 0. The third-order valence-corrected chi connectivity index (χ3v) is 5.57. The molecule has 9 heteroatoms. The lowest BCUT2D eigenvalue weighted by atomic mass is 10.1. The van der Waals surface area contributed by atoms with Crippen LogP contribution in [-0.2, 0) is 6.54 Å². The van der Waals surface area contributed by atoms with Gasteiger partial charge in [0.2, 0.25) is 0 Å². The third kappa shape index (κ3) is 5.91. The molecule has 0 aliphatic carbocycles. The van der Waals surface area contributed by atoms with E-state index in [0.717, 1.165) is 16.7 Å². The average molecular weight is 498 g/mol. The summed E-state index contributed by atoms with van der Waals surface area (Å²) < 4.78 is 5.15. The van der Waals surface area contributed by atoms with Crippen molar-refractivity contribution in [1.82, 2.24) is 15.3 Å². The van der Waals surface area contributed by atoms with Crippen molar-refractivity contribution in [1.29, 1.82) is 0 Å². The minimum absolute atomic E-state index is 0.0892. The van der Waals surface area contributed by atoms with Gasteiger partial charge in [-0.2, -0.15) is 0 Å². The van der Waals surface area contributed by atoms with Crippen molar-refractivity contribution in [2.75, 3.05) is 7.11 Å². The standard InChI is InChI=1S/C18H16N2O3.C10H7NO3/c1-23-14-7-4-5-12(9-14)11-19-18(22)16-10-13-6-2-3-8-15(13)17(21)20-16;12-9-7-4-2-1-3-6(7)5-8(11-9)10(13)14/h2-10H,11H2,1H3,(H,19,22)(H,20,21);1-5H,(H,11,12)(H,13,14). The van der Waals surface area contributed by atoms with Crippen molar-refractivity contribution in [3.8, 4) is 5.75 Å². The molecule has 4 N–H and O–H groups in total. The number of nitrogens with one attached hydrogen (secondary N) is 3. The van der Waals surface area contributed by atoms with Gasteiger partial charge < -0.3 is 25.1 Å². The summed E-state index contributed by atoms with van der Waals surface area (Å²) in [6, 6.07) is 24.6. The number of rotatable bonds is 5. The fraction of sp³-hybridized carbons (Fsp3) is 0.0714. The van der Waals surface area contributed by atoms with Gasteiger partial charge in [-0.25, -0.2) is 4.79 Å². The maximum absolute atomic E-state index is 12.3. The summed E-state index contributed by atoms with van der Waals surface area (Å²) in [5.41, 5.74) is 0.432.